The minimum Gasteiger partial charge on any atom is -0.548 e. The van der Waals surface area contributed by atoms with Gasteiger partial charge in [-0.25, -0.2) is 8.42 Å². The second-order valence-electron chi connectivity index (χ2n) is 5.10. The van der Waals surface area contributed by atoms with E-state index in [-0.39, 0.29) is 23.6 Å². The predicted molar refractivity (Wildman–Crippen MR) is 70.7 cm³/mol. The minimum atomic E-state index is -4.08. The summed E-state index contributed by atoms with van der Waals surface area (Å²) < 4.78 is 36.6. The van der Waals surface area contributed by atoms with Crippen LogP contribution in [0.4, 0.5) is 0 Å². The highest BCUT2D eigenvalue weighted by atomic mass is 32.2. The van der Waals surface area contributed by atoms with Gasteiger partial charge in [0.15, 0.2) is 11.5 Å². The molecule has 0 unspecified atom stereocenters. The molecule has 0 aromatic heterocycles. The first-order chi connectivity index (χ1) is 10.4. The van der Waals surface area contributed by atoms with Gasteiger partial charge in [-0.2, -0.15) is 4.31 Å². The molecule has 2 aliphatic heterocycles. The fourth-order valence-corrected chi connectivity index (χ4v) is 4.23. The number of ether oxygens (including phenoxy) is 2. The molecule has 0 aliphatic carbocycles. The molecule has 1 aromatic rings. The summed E-state index contributed by atoms with van der Waals surface area (Å²) in [6, 6.07) is 2.69. The molecule has 0 saturated carbocycles. The fourth-order valence-electron chi connectivity index (χ4n) is 2.58. The lowest BCUT2D eigenvalue weighted by Crippen LogP contribution is -2.46. The number of carbonyl (C=O) groups is 1. The second-order valence-corrected chi connectivity index (χ2v) is 7.00. The largest absolute Gasteiger partial charge is 0.548 e. The number of carboxylic acids is 1. The van der Waals surface area contributed by atoms with Crippen LogP contribution < -0.4 is 14.6 Å². The Labute approximate surface area is 126 Å². The van der Waals surface area contributed by atoms with Gasteiger partial charge >= 0.3 is 0 Å². The van der Waals surface area contributed by atoms with Crippen molar-refractivity contribution >= 4 is 16.0 Å². The molecular formula is C13H14NO7S-. The number of aliphatic hydroxyl groups excluding tert-OH is 1. The third-order valence-corrected chi connectivity index (χ3v) is 5.50. The zero-order valence-corrected chi connectivity index (χ0v) is 12.3. The number of benzene rings is 1. The molecule has 1 aromatic carbocycles. The van der Waals surface area contributed by atoms with Crippen molar-refractivity contribution in [2.24, 2.45) is 0 Å². The zero-order chi connectivity index (χ0) is 15.9. The SMILES string of the molecule is O=C([O-])[C@H]1C[C@@H](O)CN1S(=O)(=O)c1ccc2c(c1)OCCO2. The lowest BCUT2D eigenvalue weighted by atomic mass is 10.2. The molecule has 0 bridgehead atoms. The van der Waals surface area contributed by atoms with Crippen LogP contribution in [0.25, 0.3) is 0 Å². The van der Waals surface area contributed by atoms with Gasteiger partial charge < -0.3 is 24.5 Å². The fraction of sp³-hybridized carbons (Fsp3) is 0.462. The Kier molecular flexibility index (Phi) is 3.71. The molecule has 0 spiro atoms. The van der Waals surface area contributed by atoms with Gasteiger partial charge in [0.25, 0.3) is 0 Å². The van der Waals surface area contributed by atoms with Gasteiger partial charge in [0.05, 0.1) is 23.0 Å². The molecule has 120 valence electrons. The standard InChI is InChI=1S/C13H15NO7S/c15-8-5-10(13(16)17)14(7-8)22(18,19)9-1-2-11-12(6-9)21-4-3-20-11/h1-2,6,8,10,15H,3-5,7H2,(H,16,17)/p-1/t8-,10-/m1/s1. The Morgan fingerprint density at radius 1 is 1.27 bits per heavy atom. The van der Waals surface area contributed by atoms with Crippen molar-refractivity contribution in [3.63, 3.8) is 0 Å². The number of aliphatic carboxylic acids is 1. The maximum Gasteiger partial charge on any atom is 0.243 e. The van der Waals surface area contributed by atoms with Crippen LogP contribution >= 0.6 is 0 Å². The van der Waals surface area contributed by atoms with Gasteiger partial charge in [0.2, 0.25) is 10.0 Å². The molecule has 0 amide bonds. The van der Waals surface area contributed by atoms with Crippen LogP contribution in [0, 0.1) is 0 Å². The molecule has 2 heterocycles. The topological polar surface area (TPSA) is 116 Å². The Balaban J connectivity index is 1.97. The van der Waals surface area contributed by atoms with Gasteiger partial charge in [0, 0.05) is 12.6 Å². The molecule has 0 radical (unpaired) electrons. The number of rotatable bonds is 3. The van der Waals surface area contributed by atoms with Crippen molar-refractivity contribution in [2.45, 2.75) is 23.5 Å². The Hall–Kier alpha value is -1.84. The molecule has 2 atom stereocenters. The highest BCUT2D eigenvalue weighted by Gasteiger charge is 2.40. The van der Waals surface area contributed by atoms with Crippen molar-refractivity contribution in [1.29, 1.82) is 0 Å². The molecule has 1 saturated heterocycles. The minimum absolute atomic E-state index is 0.114. The first kappa shape index (κ1) is 15.1. The Morgan fingerprint density at radius 2 is 1.95 bits per heavy atom. The van der Waals surface area contributed by atoms with Gasteiger partial charge in [-0.3, -0.25) is 0 Å². The number of carboxylic acid groups (broad SMARTS) is 1. The van der Waals surface area contributed by atoms with Crippen LogP contribution in [0.5, 0.6) is 11.5 Å². The maximum atomic E-state index is 12.6. The second kappa shape index (κ2) is 5.41. The molecule has 9 heteroatoms. The predicted octanol–water partition coefficient (Wildman–Crippen LogP) is -1.67. The average Bonchev–Trinajstić information content (AvgIpc) is 2.90. The third-order valence-electron chi connectivity index (χ3n) is 3.63. The summed E-state index contributed by atoms with van der Waals surface area (Å²) in [6.07, 6.45) is -1.22. The molecule has 8 nitrogen and oxygen atoms in total. The number of fused-ring (bicyclic) bond motifs is 1. The van der Waals surface area contributed by atoms with Crippen LogP contribution in [0.3, 0.4) is 0 Å². The maximum absolute atomic E-state index is 12.6. The smallest absolute Gasteiger partial charge is 0.243 e. The van der Waals surface area contributed by atoms with E-state index in [4.69, 9.17) is 9.47 Å². The Morgan fingerprint density at radius 3 is 2.64 bits per heavy atom. The van der Waals surface area contributed by atoms with Gasteiger partial charge in [-0.15, -0.1) is 0 Å². The summed E-state index contributed by atoms with van der Waals surface area (Å²) in [6.45, 7) is 0.403. The highest BCUT2D eigenvalue weighted by Crippen LogP contribution is 2.34. The van der Waals surface area contributed by atoms with E-state index in [1.165, 1.54) is 18.2 Å². The van der Waals surface area contributed by atoms with Crippen molar-refractivity contribution in [3.05, 3.63) is 18.2 Å². The summed E-state index contributed by atoms with van der Waals surface area (Å²) in [5.74, 6) is -0.808. The molecule has 22 heavy (non-hydrogen) atoms. The average molecular weight is 328 g/mol. The van der Waals surface area contributed by atoms with Crippen LogP contribution in [0.2, 0.25) is 0 Å². The lowest BCUT2D eigenvalue weighted by Gasteiger charge is -2.25. The molecule has 1 N–H and O–H groups in total. The normalized spacial score (nSPS) is 25.1. The Bertz CT molecular complexity index is 702. The van der Waals surface area contributed by atoms with Crippen LogP contribution in [-0.4, -0.2) is 55.7 Å². The monoisotopic (exact) mass is 328 g/mol. The summed E-state index contributed by atoms with van der Waals surface area (Å²) in [5.41, 5.74) is 0. The van der Waals surface area contributed by atoms with E-state index < -0.39 is 28.1 Å². The van der Waals surface area contributed by atoms with E-state index in [2.05, 4.69) is 0 Å². The number of carbonyl (C=O) groups excluding carboxylic acids is 1. The molecule has 2 aliphatic rings. The number of hydrogen-bond donors (Lipinski definition) is 1. The number of sulfonamides is 1. The lowest BCUT2D eigenvalue weighted by molar-refractivity contribution is -0.309. The van der Waals surface area contributed by atoms with Crippen molar-refractivity contribution in [3.8, 4) is 11.5 Å². The first-order valence-electron chi connectivity index (χ1n) is 6.70. The van der Waals surface area contributed by atoms with E-state index in [0.717, 1.165) is 4.31 Å². The summed E-state index contributed by atoms with van der Waals surface area (Å²) in [4.78, 5) is 11.0. The summed E-state index contributed by atoms with van der Waals surface area (Å²) >= 11 is 0. The van der Waals surface area contributed by atoms with E-state index in [1.54, 1.807) is 0 Å². The third kappa shape index (κ3) is 2.51. The van der Waals surface area contributed by atoms with Crippen molar-refractivity contribution in [2.75, 3.05) is 19.8 Å². The van der Waals surface area contributed by atoms with Crippen molar-refractivity contribution < 1.29 is 32.9 Å². The molecule has 1 fully saturated rings. The number of β-amino-alcohol motifs (C(OH)–C–C–N with tert-alkyl or cyclic N) is 1. The summed E-state index contributed by atoms with van der Waals surface area (Å²) in [5, 5.41) is 20.7. The van der Waals surface area contributed by atoms with Gasteiger partial charge in [-0.1, -0.05) is 0 Å². The highest BCUT2D eigenvalue weighted by molar-refractivity contribution is 7.89. The zero-order valence-electron chi connectivity index (χ0n) is 11.5. The van der Waals surface area contributed by atoms with Crippen LogP contribution in [-0.2, 0) is 14.8 Å². The summed E-state index contributed by atoms with van der Waals surface area (Å²) in [7, 11) is -4.08. The van der Waals surface area contributed by atoms with Gasteiger partial charge in [-0.05, 0) is 18.6 Å². The quantitative estimate of drug-likeness (QED) is 0.705. The van der Waals surface area contributed by atoms with E-state index >= 15 is 0 Å². The number of nitrogens with zero attached hydrogens (tertiary/aromatic N) is 1. The molecule has 3 rings (SSSR count). The van der Waals surface area contributed by atoms with Crippen LogP contribution in [0.1, 0.15) is 6.42 Å². The van der Waals surface area contributed by atoms with E-state index in [9.17, 15) is 23.4 Å². The van der Waals surface area contributed by atoms with E-state index in [1.807, 2.05) is 0 Å². The van der Waals surface area contributed by atoms with Gasteiger partial charge in [0.1, 0.15) is 13.2 Å². The molecular weight excluding hydrogens is 314 g/mol. The van der Waals surface area contributed by atoms with E-state index in [0.29, 0.717) is 19.0 Å². The first-order valence-corrected chi connectivity index (χ1v) is 8.14. The van der Waals surface area contributed by atoms with Crippen LogP contribution in [0.15, 0.2) is 23.1 Å². The number of hydrogen-bond acceptors (Lipinski definition) is 7. The van der Waals surface area contributed by atoms with Crippen molar-refractivity contribution in [1.82, 2.24) is 4.31 Å². The number of aliphatic hydroxyl groups is 1.